The van der Waals surface area contributed by atoms with Crippen LogP contribution in [-0.4, -0.2) is 27.5 Å². The highest BCUT2D eigenvalue weighted by atomic mass is 16.5. The fraction of sp³-hybridized carbons (Fsp3) is 0.667. The number of rotatable bonds is 3. The van der Waals surface area contributed by atoms with Crippen molar-refractivity contribution in [3.05, 3.63) is 18.0 Å². The van der Waals surface area contributed by atoms with E-state index in [0.29, 0.717) is 13.0 Å². The van der Waals surface area contributed by atoms with Gasteiger partial charge in [0.25, 0.3) is 0 Å². The number of aromatic nitrogens is 2. The van der Waals surface area contributed by atoms with Crippen molar-refractivity contribution in [2.24, 2.45) is 5.92 Å². The van der Waals surface area contributed by atoms with E-state index >= 15 is 0 Å². The molecule has 2 atom stereocenters. The lowest BCUT2D eigenvalue weighted by Crippen LogP contribution is -2.30. The molecule has 94 valence electrons. The zero-order chi connectivity index (χ0) is 12.4. The van der Waals surface area contributed by atoms with Crippen molar-refractivity contribution in [2.45, 2.75) is 38.8 Å². The number of hydrogen-bond acceptors (Lipinski definition) is 3. The second-order valence-corrected chi connectivity index (χ2v) is 4.67. The molecule has 1 aromatic rings. The third-order valence-corrected chi connectivity index (χ3v) is 3.12. The van der Waals surface area contributed by atoms with Gasteiger partial charge in [0.2, 0.25) is 0 Å². The van der Waals surface area contributed by atoms with Crippen LogP contribution in [0.2, 0.25) is 0 Å². The lowest BCUT2D eigenvalue weighted by molar-refractivity contribution is -0.152. The fourth-order valence-electron chi connectivity index (χ4n) is 2.31. The topological polar surface area (TPSA) is 64.4 Å². The van der Waals surface area contributed by atoms with Gasteiger partial charge in [0.05, 0.1) is 11.6 Å². The van der Waals surface area contributed by atoms with E-state index in [9.17, 15) is 9.90 Å². The molecule has 2 heterocycles. The van der Waals surface area contributed by atoms with Crippen LogP contribution in [-0.2, 0) is 9.53 Å². The highest BCUT2D eigenvalue weighted by molar-refractivity contribution is 5.71. The number of hydrogen-bond donors (Lipinski definition) is 1. The van der Waals surface area contributed by atoms with E-state index in [1.807, 2.05) is 24.6 Å². The first kappa shape index (κ1) is 12.1. The van der Waals surface area contributed by atoms with Gasteiger partial charge < -0.3 is 9.84 Å². The number of nitrogens with zero attached hydrogens (tertiary/aromatic N) is 2. The molecule has 0 bridgehead atoms. The monoisotopic (exact) mass is 238 g/mol. The Hall–Kier alpha value is -1.36. The minimum absolute atomic E-state index is 0.208. The number of aliphatic carboxylic acids is 1. The Labute approximate surface area is 100 Å². The third kappa shape index (κ3) is 2.34. The summed E-state index contributed by atoms with van der Waals surface area (Å²) in [5.74, 6) is -1.25. The second-order valence-electron chi connectivity index (χ2n) is 4.67. The summed E-state index contributed by atoms with van der Waals surface area (Å²) in [5, 5.41) is 13.5. The van der Waals surface area contributed by atoms with Crippen LogP contribution in [0.4, 0.5) is 0 Å². The van der Waals surface area contributed by atoms with Gasteiger partial charge in [-0.15, -0.1) is 0 Å². The zero-order valence-electron chi connectivity index (χ0n) is 10.2. The minimum Gasteiger partial charge on any atom is -0.481 e. The maximum absolute atomic E-state index is 11.2. The number of carboxylic acid groups (broad SMARTS) is 1. The summed E-state index contributed by atoms with van der Waals surface area (Å²) in [5.41, 5.74) is 0.868. The minimum atomic E-state index is -0.786. The molecular weight excluding hydrogens is 220 g/mol. The second kappa shape index (κ2) is 4.87. The Morgan fingerprint density at radius 2 is 2.41 bits per heavy atom. The van der Waals surface area contributed by atoms with Crippen LogP contribution in [0.3, 0.4) is 0 Å². The summed E-state index contributed by atoms with van der Waals surface area (Å²) in [6.45, 7) is 4.67. The molecule has 0 saturated carbocycles. The van der Waals surface area contributed by atoms with Crippen molar-refractivity contribution >= 4 is 5.97 Å². The number of ether oxygens (including phenoxy) is 1. The van der Waals surface area contributed by atoms with Gasteiger partial charge in [-0.3, -0.25) is 9.48 Å². The molecule has 0 aromatic carbocycles. The maximum Gasteiger partial charge on any atom is 0.309 e. The predicted molar refractivity (Wildman–Crippen MR) is 61.7 cm³/mol. The van der Waals surface area contributed by atoms with E-state index in [0.717, 1.165) is 12.1 Å². The van der Waals surface area contributed by atoms with Gasteiger partial charge in [-0.2, -0.15) is 5.10 Å². The van der Waals surface area contributed by atoms with Crippen LogP contribution in [0.15, 0.2) is 12.3 Å². The average molecular weight is 238 g/mol. The molecule has 5 nitrogen and oxygen atoms in total. The molecule has 5 heteroatoms. The molecule has 1 aromatic heterocycles. The van der Waals surface area contributed by atoms with Gasteiger partial charge in [0.15, 0.2) is 0 Å². The van der Waals surface area contributed by atoms with Crippen LogP contribution in [0, 0.1) is 5.92 Å². The summed E-state index contributed by atoms with van der Waals surface area (Å²) in [4.78, 5) is 11.2. The summed E-state index contributed by atoms with van der Waals surface area (Å²) in [6, 6.07) is 2.06. The van der Waals surface area contributed by atoms with E-state index in [4.69, 9.17) is 4.74 Å². The van der Waals surface area contributed by atoms with Gasteiger partial charge in [0, 0.05) is 18.8 Å². The summed E-state index contributed by atoms with van der Waals surface area (Å²) < 4.78 is 7.48. The van der Waals surface area contributed by atoms with Crippen molar-refractivity contribution in [3.63, 3.8) is 0 Å². The van der Waals surface area contributed by atoms with E-state index < -0.39 is 11.9 Å². The molecule has 1 saturated heterocycles. The molecule has 0 amide bonds. The van der Waals surface area contributed by atoms with Crippen molar-refractivity contribution < 1.29 is 14.6 Å². The molecule has 17 heavy (non-hydrogen) atoms. The SMILES string of the molecule is CC(C)n1nccc1[C@H]1OCCC[C@H]1C(=O)O. The standard InChI is InChI=1S/C12H18N2O3/c1-8(2)14-10(5-6-13-14)11-9(12(15)16)4-3-7-17-11/h5-6,8-9,11H,3-4,7H2,1-2H3,(H,15,16)/t9-,11+/m1/s1. The first-order chi connectivity index (χ1) is 8.11. The summed E-state index contributed by atoms with van der Waals surface area (Å²) in [6.07, 6.45) is 2.81. The molecule has 1 aliphatic heterocycles. The van der Waals surface area contributed by atoms with Crippen LogP contribution in [0.25, 0.3) is 0 Å². The largest absolute Gasteiger partial charge is 0.481 e. The smallest absolute Gasteiger partial charge is 0.309 e. The van der Waals surface area contributed by atoms with Crippen LogP contribution in [0.1, 0.15) is 44.5 Å². The zero-order valence-corrected chi connectivity index (χ0v) is 10.2. The number of carbonyl (C=O) groups is 1. The Kier molecular flexibility index (Phi) is 3.47. The highest BCUT2D eigenvalue weighted by Crippen LogP contribution is 2.34. The van der Waals surface area contributed by atoms with Crippen molar-refractivity contribution in [1.29, 1.82) is 0 Å². The quantitative estimate of drug-likeness (QED) is 0.875. The van der Waals surface area contributed by atoms with Gasteiger partial charge in [-0.05, 0) is 32.8 Å². The molecule has 0 aliphatic carbocycles. The molecule has 0 unspecified atom stereocenters. The van der Waals surface area contributed by atoms with E-state index in [-0.39, 0.29) is 12.1 Å². The lowest BCUT2D eigenvalue weighted by Gasteiger charge is -2.29. The van der Waals surface area contributed by atoms with Crippen LogP contribution < -0.4 is 0 Å². The highest BCUT2D eigenvalue weighted by Gasteiger charge is 2.35. The van der Waals surface area contributed by atoms with E-state index in [1.54, 1.807) is 6.20 Å². The first-order valence-electron chi connectivity index (χ1n) is 5.99. The third-order valence-electron chi connectivity index (χ3n) is 3.12. The number of carboxylic acids is 1. The molecule has 0 radical (unpaired) electrons. The normalized spacial score (nSPS) is 25.1. The van der Waals surface area contributed by atoms with Crippen molar-refractivity contribution in [3.8, 4) is 0 Å². The van der Waals surface area contributed by atoms with Crippen LogP contribution in [0.5, 0.6) is 0 Å². The molecule has 1 N–H and O–H groups in total. The molecule has 0 spiro atoms. The van der Waals surface area contributed by atoms with Gasteiger partial charge in [-0.1, -0.05) is 0 Å². The molecular formula is C12H18N2O3. The van der Waals surface area contributed by atoms with Crippen LogP contribution >= 0.6 is 0 Å². The average Bonchev–Trinajstić information content (AvgIpc) is 2.77. The maximum atomic E-state index is 11.2. The van der Waals surface area contributed by atoms with Gasteiger partial charge >= 0.3 is 5.97 Å². The lowest BCUT2D eigenvalue weighted by atomic mass is 9.92. The predicted octanol–water partition coefficient (Wildman–Crippen LogP) is 2.02. The molecule has 1 fully saturated rings. The Morgan fingerprint density at radius 3 is 3.06 bits per heavy atom. The fourth-order valence-corrected chi connectivity index (χ4v) is 2.31. The van der Waals surface area contributed by atoms with Crippen molar-refractivity contribution in [1.82, 2.24) is 9.78 Å². The Balaban J connectivity index is 2.29. The first-order valence-corrected chi connectivity index (χ1v) is 5.99. The van der Waals surface area contributed by atoms with Gasteiger partial charge in [0.1, 0.15) is 6.10 Å². The summed E-state index contributed by atoms with van der Waals surface area (Å²) in [7, 11) is 0. The van der Waals surface area contributed by atoms with Crippen molar-refractivity contribution in [2.75, 3.05) is 6.61 Å². The Bertz CT molecular complexity index is 400. The Morgan fingerprint density at radius 1 is 1.65 bits per heavy atom. The van der Waals surface area contributed by atoms with E-state index in [2.05, 4.69) is 5.10 Å². The molecule has 1 aliphatic rings. The van der Waals surface area contributed by atoms with Gasteiger partial charge in [-0.25, -0.2) is 0 Å². The van der Waals surface area contributed by atoms with E-state index in [1.165, 1.54) is 0 Å². The summed E-state index contributed by atoms with van der Waals surface area (Å²) >= 11 is 0. The molecule has 2 rings (SSSR count).